The summed E-state index contributed by atoms with van der Waals surface area (Å²) in [4.78, 5) is 10.3. The Morgan fingerprint density at radius 2 is 2.07 bits per heavy atom. The Labute approximate surface area is 82.1 Å². The van der Waals surface area contributed by atoms with Crippen molar-refractivity contribution >= 4 is 6.16 Å². The van der Waals surface area contributed by atoms with Gasteiger partial charge in [0.25, 0.3) is 0 Å². The van der Waals surface area contributed by atoms with Crippen LogP contribution in [0.2, 0.25) is 0 Å². The highest BCUT2D eigenvalue weighted by Gasteiger charge is 2.12. The van der Waals surface area contributed by atoms with E-state index in [1.807, 2.05) is 18.2 Å². The van der Waals surface area contributed by atoms with E-state index in [1.54, 1.807) is 19.1 Å². The minimum atomic E-state index is -1.33. The van der Waals surface area contributed by atoms with E-state index in [0.29, 0.717) is 12.2 Å². The van der Waals surface area contributed by atoms with E-state index >= 15 is 0 Å². The van der Waals surface area contributed by atoms with Gasteiger partial charge in [-0.3, -0.25) is 0 Å². The number of ether oxygens (including phenoxy) is 2. The van der Waals surface area contributed by atoms with Gasteiger partial charge >= 0.3 is 6.16 Å². The second-order valence-corrected chi connectivity index (χ2v) is 2.65. The Hall–Kier alpha value is -1.71. The monoisotopic (exact) mass is 196 g/mol. The lowest BCUT2D eigenvalue weighted by Crippen LogP contribution is -2.22. The van der Waals surface area contributed by atoms with Crippen LogP contribution < -0.4 is 4.74 Å². The Morgan fingerprint density at radius 1 is 1.43 bits per heavy atom. The molecule has 0 amide bonds. The van der Waals surface area contributed by atoms with Gasteiger partial charge in [-0.2, -0.15) is 0 Å². The first-order valence-electron chi connectivity index (χ1n) is 4.33. The van der Waals surface area contributed by atoms with Gasteiger partial charge < -0.3 is 14.6 Å². The molecule has 1 unspecified atom stereocenters. The normalized spacial score (nSPS) is 11.8. The van der Waals surface area contributed by atoms with Crippen molar-refractivity contribution in [2.45, 2.75) is 19.6 Å². The van der Waals surface area contributed by atoms with Gasteiger partial charge in [0.2, 0.25) is 6.29 Å². The molecular formula is C10H12O4. The molecule has 0 aliphatic rings. The summed E-state index contributed by atoms with van der Waals surface area (Å²) in [6, 6.07) is 8.96. The van der Waals surface area contributed by atoms with Crippen molar-refractivity contribution in [1.82, 2.24) is 0 Å². The van der Waals surface area contributed by atoms with Crippen molar-refractivity contribution in [2.24, 2.45) is 0 Å². The summed E-state index contributed by atoms with van der Waals surface area (Å²) in [7, 11) is 0. The van der Waals surface area contributed by atoms with Crippen molar-refractivity contribution < 1.29 is 19.4 Å². The maximum atomic E-state index is 10.3. The molecule has 0 fully saturated rings. The molecule has 0 saturated heterocycles. The highest BCUT2D eigenvalue weighted by atomic mass is 16.8. The highest BCUT2D eigenvalue weighted by molar-refractivity contribution is 5.56. The molecule has 1 aromatic carbocycles. The molecule has 14 heavy (non-hydrogen) atoms. The third-order valence-corrected chi connectivity index (χ3v) is 1.58. The number of benzene rings is 1. The second kappa shape index (κ2) is 5.11. The molecule has 0 radical (unpaired) electrons. The minimum absolute atomic E-state index is 0.473. The van der Waals surface area contributed by atoms with E-state index in [2.05, 4.69) is 4.74 Å². The predicted molar refractivity (Wildman–Crippen MR) is 50.3 cm³/mol. The fourth-order valence-corrected chi connectivity index (χ4v) is 0.954. The third-order valence-electron chi connectivity index (χ3n) is 1.58. The molecule has 0 bridgehead atoms. The first kappa shape index (κ1) is 10.4. The average molecular weight is 196 g/mol. The molecule has 0 aliphatic heterocycles. The molecule has 1 rings (SSSR count). The molecule has 0 spiro atoms. The van der Waals surface area contributed by atoms with Gasteiger partial charge in [0.1, 0.15) is 5.75 Å². The molecular weight excluding hydrogens is 184 g/mol. The summed E-state index contributed by atoms with van der Waals surface area (Å²) in [5, 5.41) is 8.39. The third kappa shape index (κ3) is 3.35. The van der Waals surface area contributed by atoms with Crippen LogP contribution in [0.4, 0.5) is 4.79 Å². The predicted octanol–water partition coefficient (Wildman–Crippen LogP) is 2.50. The van der Waals surface area contributed by atoms with Crippen LogP contribution in [0.3, 0.4) is 0 Å². The molecule has 76 valence electrons. The number of carboxylic acid groups (broad SMARTS) is 1. The zero-order valence-corrected chi connectivity index (χ0v) is 7.84. The van der Waals surface area contributed by atoms with Crippen LogP contribution in [-0.4, -0.2) is 17.6 Å². The van der Waals surface area contributed by atoms with Gasteiger partial charge in [-0.25, -0.2) is 4.79 Å². The van der Waals surface area contributed by atoms with Crippen molar-refractivity contribution in [3.05, 3.63) is 30.3 Å². The number of carbonyl (C=O) groups is 1. The summed E-state index contributed by atoms with van der Waals surface area (Å²) in [6.07, 6.45) is -1.59. The zero-order valence-electron chi connectivity index (χ0n) is 7.84. The average Bonchev–Trinajstić information content (AvgIpc) is 2.17. The Morgan fingerprint density at radius 3 is 2.57 bits per heavy atom. The van der Waals surface area contributed by atoms with Gasteiger partial charge in [0.15, 0.2) is 0 Å². The fourth-order valence-electron chi connectivity index (χ4n) is 0.954. The van der Waals surface area contributed by atoms with Crippen LogP contribution in [0, 0.1) is 0 Å². The summed E-state index contributed by atoms with van der Waals surface area (Å²) in [6.45, 7) is 1.79. The van der Waals surface area contributed by atoms with Gasteiger partial charge in [-0.1, -0.05) is 25.1 Å². The van der Waals surface area contributed by atoms with Gasteiger partial charge in [0.05, 0.1) is 0 Å². The van der Waals surface area contributed by atoms with Crippen LogP contribution in [0.5, 0.6) is 5.75 Å². The molecule has 0 aromatic heterocycles. The van der Waals surface area contributed by atoms with Crippen molar-refractivity contribution in [2.75, 3.05) is 0 Å². The van der Waals surface area contributed by atoms with Crippen LogP contribution >= 0.6 is 0 Å². The van der Waals surface area contributed by atoms with Gasteiger partial charge in [-0.15, -0.1) is 0 Å². The Bertz CT molecular complexity index is 283. The lowest BCUT2D eigenvalue weighted by atomic mass is 10.3. The lowest BCUT2D eigenvalue weighted by Gasteiger charge is -2.15. The fraction of sp³-hybridized carbons (Fsp3) is 0.300. The molecule has 1 atom stereocenters. The number of hydrogen-bond donors (Lipinski definition) is 1. The molecule has 4 heteroatoms. The molecule has 1 aromatic rings. The lowest BCUT2D eigenvalue weighted by molar-refractivity contribution is -0.0544. The van der Waals surface area contributed by atoms with Gasteiger partial charge in [0, 0.05) is 6.42 Å². The number of hydrogen-bond acceptors (Lipinski definition) is 3. The Balaban J connectivity index is 2.53. The van der Waals surface area contributed by atoms with Crippen molar-refractivity contribution in [1.29, 1.82) is 0 Å². The summed E-state index contributed by atoms with van der Waals surface area (Å²) in [5.74, 6) is 0.598. The molecule has 0 saturated carbocycles. The summed E-state index contributed by atoms with van der Waals surface area (Å²) >= 11 is 0. The van der Waals surface area contributed by atoms with E-state index in [0.717, 1.165) is 0 Å². The smallest absolute Gasteiger partial charge is 0.455 e. The van der Waals surface area contributed by atoms with Gasteiger partial charge in [-0.05, 0) is 12.1 Å². The van der Waals surface area contributed by atoms with Crippen LogP contribution in [-0.2, 0) is 4.74 Å². The van der Waals surface area contributed by atoms with Crippen molar-refractivity contribution in [3.8, 4) is 5.75 Å². The standard InChI is InChI=1S/C10H12O4/c1-2-9(14-10(11)12)13-8-6-4-3-5-7-8/h3-7,9H,2H2,1H3,(H,11,12). The first-order chi connectivity index (χ1) is 6.72. The van der Waals surface area contributed by atoms with Crippen LogP contribution in [0.1, 0.15) is 13.3 Å². The number of rotatable bonds is 4. The van der Waals surface area contributed by atoms with E-state index in [9.17, 15) is 4.79 Å². The largest absolute Gasteiger partial charge is 0.508 e. The van der Waals surface area contributed by atoms with E-state index in [-0.39, 0.29) is 0 Å². The maximum Gasteiger partial charge on any atom is 0.508 e. The maximum absolute atomic E-state index is 10.3. The minimum Gasteiger partial charge on any atom is -0.455 e. The summed E-state index contributed by atoms with van der Waals surface area (Å²) in [5.41, 5.74) is 0. The molecule has 0 aliphatic carbocycles. The SMILES string of the molecule is CCC(OC(=O)O)Oc1ccccc1. The Kier molecular flexibility index (Phi) is 3.79. The van der Waals surface area contributed by atoms with E-state index in [4.69, 9.17) is 9.84 Å². The van der Waals surface area contributed by atoms with Crippen LogP contribution in [0.25, 0.3) is 0 Å². The zero-order chi connectivity index (χ0) is 10.4. The quantitative estimate of drug-likeness (QED) is 0.593. The highest BCUT2D eigenvalue weighted by Crippen LogP contribution is 2.12. The van der Waals surface area contributed by atoms with E-state index < -0.39 is 12.4 Å². The van der Waals surface area contributed by atoms with Crippen LogP contribution in [0.15, 0.2) is 30.3 Å². The van der Waals surface area contributed by atoms with Crippen molar-refractivity contribution in [3.63, 3.8) is 0 Å². The number of para-hydroxylation sites is 1. The molecule has 4 nitrogen and oxygen atoms in total. The topological polar surface area (TPSA) is 55.8 Å². The summed E-state index contributed by atoms with van der Waals surface area (Å²) < 4.78 is 9.77. The van der Waals surface area contributed by atoms with E-state index in [1.165, 1.54) is 0 Å². The molecule has 0 heterocycles. The first-order valence-corrected chi connectivity index (χ1v) is 4.33. The molecule has 1 N–H and O–H groups in total. The second-order valence-electron chi connectivity index (χ2n) is 2.65.